The van der Waals surface area contributed by atoms with Gasteiger partial charge in [-0.3, -0.25) is 9.69 Å². The number of anilines is 1. The van der Waals surface area contributed by atoms with E-state index in [9.17, 15) is 35.9 Å². The zero-order valence-electron chi connectivity index (χ0n) is 21.4. The number of hydrogen-bond donors (Lipinski definition) is 0. The van der Waals surface area contributed by atoms with Crippen molar-refractivity contribution in [1.82, 2.24) is 9.88 Å². The maximum atomic E-state index is 13.7. The van der Waals surface area contributed by atoms with Crippen LogP contribution in [0.1, 0.15) is 71.0 Å². The molecule has 0 spiro atoms. The molecule has 0 bridgehead atoms. The maximum Gasteiger partial charge on any atom is 0.414 e. The summed E-state index contributed by atoms with van der Waals surface area (Å²) in [7, 11) is 0. The van der Waals surface area contributed by atoms with Gasteiger partial charge in [-0.1, -0.05) is 0 Å². The van der Waals surface area contributed by atoms with E-state index in [1.165, 1.54) is 16.7 Å². The van der Waals surface area contributed by atoms with Crippen LogP contribution in [0, 0.1) is 17.8 Å². The van der Waals surface area contributed by atoms with Crippen LogP contribution in [-0.4, -0.2) is 53.4 Å². The Hall–Kier alpha value is -2.05. The molecular formula is C25H32BrF6N3O3. The Morgan fingerprint density at radius 3 is 2.32 bits per heavy atom. The average Bonchev–Trinajstić information content (AvgIpc) is 3.11. The van der Waals surface area contributed by atoms with E-state index >= 15 is 0 Å². The molecule has 0 aromatic carbocycles. The minimum atomic E-state index is -4.77. The third kappa shape index (κ3) is 7.53. The molecule has 1 aromatic heterocycles. The summed E-state index contributed by atoms with van der Waals surface area (Å²) in [6.45, 7) is 4.84. The number of nitrogens with zero attached hydrogens (tertiary/aromatic N) is 3. The molecule has 214 valence electrons. The number of halogens is 7. The van der Waals surface area contributed by atoms with E-state index in [1.807, 2.05) is 0 Å². The first-order valence-corrected chi connectivity index (χ1v) is 13.4. The van der Waals surface area contributed by atoms with Crippen molar-refractivity contribution in [1.29, 1.82) is 0 Å². The molecule has 1 aliphatic carbocycles. The molecule has 0 saturated heterocycles. The number of carbonyl (C=O) groups is 2. The lowest BCUT2D eigenvalue weighted by Crippen LogP contribution is -2.39. The highest BCUT2D eigenvalue weighted by atomic mass is 79.9. The Kier molecular flexibility index (Phi) is 9.63. The first-order valence-electron chi connectivity index (χ1n) is 12.6. The molecular weight excluding hydrogens is 584 g/mol. The number of alkyl halides is 6. The van der Waals surface area contributed by atoms with E-state index in [-0.39, 0.29) is 25.6 Å². The second-order valence-electron chi connectivity index (χ2n) is 10.3. The summed E-state index contributed by atoms with van der Waals surface area (Å²) in [6.07, 6.45) is -11.6. The van der Waals surface area contributed by atoms with Gasteiger partial charge in [0.2, 0.25) is 5.91 Å². The predicted molar refractivity (Wildman–Crippen MR) is 131 cm³/mol. The number of carbonyl (C=O) groups excluding carboxylic acids is 2. The van der Waals surface area contributed by atoms with E-state index in [4.69, 9.17) is 4.74 Å². The fourth-order valence-electron chi connectivity index (χ4n) is 5.37. The van der Waals surface area contributed by atoms with Crippen LogP contribution in [0.4, 0.5) is 36.8 Å². The standard InChI is InChI=1S/C25H32BrF6N3O3/c1-14(2)38-23(37)34-10-4-5-19(22-20(34)8-9-21(26)33-22)35(15(3)36)13-16-6-7-17(24(27,28)29)12-18(11-16)25(30,31)32/h8-9,14,16-19H,4-7,10-13H2,1-3H3. The quantitative estimate of drug-likeness (QED) is 0.201. The summed E-state index contributed by atoms with van der Waals surface area (Å²) in [6, 6.07) is 2.61. The second-order valence-corrected chi connectivity index (χ2v) is 11.2. The molecule has 38 heavy (non-hydrogen) atoms. The van der Waals surface area contributed by atoms with Crippen LogP contribution < -0.4 is 4.90 Å². The monoisotopic (exact) mass is 615 g/mol. The van der Waals surface area contributed by atoms with Crippen molar-refractivity contribution >= 4 is 33.6 Å². The lowest BCUT2D eigenvalue weighted by molar-refractivity contribution is -0.209. The molecule has 2 heterocycles. The van der Waals surface area contributed by atoms with Gasteiger partial charge in [-0.25, -0.2) is 9.78 Å². The molecule has 0 N–H and O–H groups in total. The van der Waals surface area contributed by atoms with Crippen molar-refractivity contribution < 1.29 is 40.7 Å². The first-order chi connectivity index (χ1) is 17.6. The second kappa shape index (κ2) is 12.0. The van der Waals surface area contributed by atoms with Gasteiger partial charge in [0.1, 0.15) is 4.60 Å². The summed E-state index contributed by atoms with van der Waals surface area (Å²) in [5.41, 5.74) is 0.792. The fraction of sp³-hybridized carbons (Fsp3) is 0.720. The zero-order chi connectivity index (χ0) is 28.4. The molecule has 3 rings (SSSR count). The van der Waals surface area contributed by atoms with Crippen molar-refractivity contribution in [3.63, 3.8) is 0 Å². The van der Waals surface area contributed by atoms with Gasteiger partial charge < -0.3 is 9.64 Å². The molecule has 1 fully saturated rings. The van der Waals surface area contributed by atoms with Gasteiger partial charge in [0, 0.05) is 20.0 Å². The Bertz CT molecular complexity index is 1000. The summed E-state index contributed by atoms with van der Waals surface area (Å²) in [5.74, 6) is -5.35. The normalized spacial score (nSPS) is 24.9. The topological polar surface area (TPSA) is 62.7 Å². The molecule has 4 atom stereocenters. The van der Waals surface area contributed by atoms with E-state index in [0.29, 0.717) is 28.8 Å². The SMILES string of the molecule is CC(=O)N(CC1CCC(C(F)(F)F)CC(C(F)(F)F)C1)C1CCCN(C(=O)OC(C)C)c2ccc(Br)nc21. The smallest absolute Gasteiger partial charge is 0.414 e. The molecule has 1 aliphatic heterocycles. The van der Waals surface area contributed by atoms with Crippen LogP contribution in [0.3, 0.4) is 0 Å². The predicted octanol–water partition coefficient (Wildman–Crippen LogP) is 7.43. The van der Waals surface area contributed by atoms with Crippen molar-refractivity contribution in [2.75, 3.05) is 18.0 Å². The lowest BCUT2D eigenvalue weighted by Gasteiger charge is -2.34. The van der Waals surface area contributed by atoms with Gasteiger partial charge in [0.25, 0.3) is 0 Å². The maximum absolute atomic E-state index is 13.7. The van der Waals surface area contributed by atoms with Crippen LogP contribution in [0.2, 0.25) is 0 Å². The van der Waals surface area contributed by atoms with Gasteiger partial charge in [-0.05, 0) is 86.4 Å². The molecule has 6 nitrogen and oxygen atoms in total. The number of hydrogen-bond acceptors (Lipinski definition) is 4. The summed E-state index contributed by atoms with van der Waals surface area (Å²) in [4.78, 5) is 33.0. The molecule has 1 saturated carbocycles. The van der Waals surface area contributed by atoms with Crippen molar-refractivity contribution in [2.24, 2.45) is 17.8 Å². The van der Waals surface area contributed by atoms with Crippen LogP contribution in [-0.2, 0) is 9.53 Å². The van der Waals surface area contributed by atoms with Crippen molar-refractivity contribution in [2.45, 2.75) is 83.8 Å². The average molecular weight is 616 g/mol. The third-order valence-electron chi connectivity index (χ3n) is 7.16. The van der Waals surface area contributed by atoms with E-state index < -0.39 is 67.4 Å². The Morgan fingerprint density at radius 1 is 1.08 bits per heavy atom. The van der Waals surface area contributed by atoms with Crippen LogP contribution in [0.25, 0.3) is 0 Å². The van der Waals surface area contributed by atoms with Crippen LogP contribution >= 0.6 is 15.9 Å². The number of fused-ring (bicyclic) bond motifs is 1. The fourth-order valence-corrected chi connectivity index (χ4v) is 5.70. The van der Waals surface area contributed by atoms with Gasteiger partial charge in [-0.15, -0.1) is 0 Å². The highest BCUT2D eigenvalue weighted by Gasteiger charge is 2.50. The number of amides is 2. The number of ether oxygens (including phenoxy) is 1. The molecule has 2 amide bonds. The summed E-state index contributed by atoms with van der Waals surface area (Å²) >= 11 is 3.31. The summed E-state index contributed by atoms with van der Waals surface area (Å²) in [5, 5.41) is 0. The molecule has 2 aliphatic rings. The Morgan fingerprint density at radius 2 is 1.74 bits per heavy atom. The van der Waals surface area contributed by atoms with Crippen LogP contribution in [0.5, 0.6) is 0 Å². The van der Waals surface area contributed by atoms with Gasteiger partial charge in [0.15, 0.2) is 0 Å². The van der Waals surface area contributed by atoms with Gasteiger partial charge in [-0.2, -0.15) is 26.3 Å². The van der Waals surface area contributed by atoms with E-state index in [2.05, 4.69) is 20.9 Å². The highest BCUT2D eigenvalue weighted by molar-refractivity contribution is 9.10. The molecule has 0 radical (unpaired) electrons. The van der Waals surface area contributed by atoms with Crippen LogP contribution in [0.15, 0.2) is 16.7 Å². The molecule has 13 heteroatoms. The van der Waals surface area contributed by atoms with E-state index in [1.54, 1.807) is 26.0 Å². The lowest BCUT2D eigenvalue weighted by atomic mass is 9.90. The van der Waals surface area contributed by atoms with Crippen molar-refractivity contribution in [3.05, 3.63) is 22.4 Å². The Balaban J connectivity index is 1.94. The Labute approximate surface area is 226 Å². The number of aromatic nitrogens is 1. The number of rotatable bonds is 4. The van der Waals surface area contributed by atoms with Gasteiger partial charge in [0.05, 0.1) is 35.4 Å². The highest BCUT2D eigenvalue weighted by Crippen LogP contribution is 2.47. The minimum absolute atomic E-state index is 0.0845. The minimum Gasteiger partial charge on any atom is -0.446 e. The van der Waals surface area contributed by atoms with Gasteiger partial charge >= 0.3 is 18.4 Å². The zero-order valence-corrected chi connectivity index (χ0v) is 23.0. The largest absolute Gasteiger partial charge is 0.446 e. The first kappa shape index (κ1) is 30.5. The molecule has 1 aromatic rings. The number of pyridine rings is 1. The molecule has 4 unspecified atom stereocenters. The van der Waals surface area contributed by atoms with E-state index in [0.717, 1.165) is 0 Å². The third-order valence-corrected chi connectivity index (χ3v) is 7.60. The summed E-state index contributed by atoms with van der Waals surface area (Å²) < 4.78 is 87.2. The van der Waals surface area contributed by atoms with Crippen molar-refractivity contribution in [3.8, 4) is 0 Å².